The quantitative estimate of drug-likeness (QED) is 0.660. The summed E-state index contributed by atoms with van der Waals surface area (Å²) in [6, 6.07) is 5.88. The maximum absolute atomic E-state index is 12.0. The van der Waals surface area contributed by atoms with Crippen molar-refractivity contribution in [2.45, 2.75) is 31.9 Å². The summed E-state index contributed by atoms with van der Waals surface area (Å²) >= 11 is 3.29. The number of halogens is 1. The first-order valence-corrected chi connectivity index (χ1v) is 8.86. The van der Waals surface area contributed by atoms with E-state index in [0.29, 0.717) is 18.7 Å². The molecule has 1 aromatic carbocycles. The first kappa shape index (κ1) is 19.4. The van der Waals surface area contributed by atoms with E-state index in [1.54, 1.807) is 24.3 Å². The second kappa shape index (κ2) is 9.53. The van der Waals surface area contributed by atoms with Crippen molar-refractivity contribution in [3.05, 3.63) is 34.3 Å². The van der Waals surface area contributed by atoms with E-state index in [2.05, 4.69) is 26.6 Å². The van der Waals surface area contributed by atoms with E-state index in [1.807, 2.05) is 0 Å². The van der Waals surface area contributed by atoms with Crippen LogP contribution in [0.4, 0.5) is 0 Å². The van der Waals surface area contributed by atoms with Gasteiger partial charge in [0.1, 0.15) is 6.04 Å². The van der Waals surface area contributed by atoms with Gasteiger partial charge >= 0.3 is 5.97 Å². The maximum atomic E-state index is 12.0. The molecule has 136 valence electrons. The zero-order valence-electron chi connectivity index (χ0n) is 13.9. The maximum Gasteiger partial charge on any atom is 0.328 e. The summed E-state index contributed by atoms with van der Waals surface area (Å²) < 4.78 is 11.2. The Bertz CT molecular complexity index is 614. The lowest BCUT2D eigenvalue weighted by atomic mass is 10.2. The number of esters is 1. The van der Waals surface area contributed by atoms with Crippen LogP contribution in [0.15, 0.2) is 28.7 Å². The molecule has 2 atom stereocenters. The summed E-state index contributed by atoms with van der Waals surface area (Å²) in [5.41, 5.74) is 0.428. The third-order valence-electron chi connectivity index (χ3n) is 3.70. The largest absolute Gasteiger partial charge is 0.454 e. The molecule has 0 radical (unpaired) electrons. The molecule has 0 unspecified atom stereocenters. The topological polar surface area (TPSA) is 93.7 Å². The van der Waals surface area contributed by atoms with Gasteiger partial charge in [-0.05, 0) is 44.0 Å². The third kappa shape index (κ3) is 6.47. The highest BCUT2D eigenvalue weighted by atomic mass is 79.9. The molecular weight excluding hydrogens is 392 g/mol. The fourth-order valence-electron chi connectivity index (χ4n) is 2.29. The molecule has 0 bridgehead atoms. The van der Waals surface area contributed by atoms with Gasteiger partial charge in [0, 0.05) is 23.2 Å². The minimum absolute atomic E-state index is 0.0313. The van der Waals surface area contributed by atoms with E-state index >= 15 is 0 Å². The predicted octanol–water partition coefficient (Wildman–Crippen LogP) is 1.41. The zero-order chi connectivity index (χ0) is 18.2. The van der Waals surface area contributed by atoms with E-state index in [4.69, 9.17) is 9.47 Å². The standard InChI is InChI=1S/C17H21BrN2O5/c1-11(20-16(22)12-4-6-13(18)7-5-12)17(23)25-10-15(21)19-9-14-3-2-8-24-14/h4-7,11,14H,2-3,8-10H2,1H3,(H,19,21)(H,20,22)/t11-,14-/m0/s1. The molecule has 8 heteroatoms. The fraction of sp³-hybridized carbons (Fsp3) is 0.471. The second-order valence-electron chi connectivity index (χ2n) is 5.75. The molecule has 1 fully saturated rings. The van der Waals surface area contributed by atoms with Gasteiger partial charge in [0.2, 0.25) is 0 Å². The van der Waals surface area contributed by atoms with Crippen molar-refractivity contribution in [2.24, 2.45) is 0 Å². The highest BCUT2D eigenvalue weighted by Crippen LogP contribution is 2.11. The molecule has 2 N–H and O–H groups in total. The molecule has 0 aromatic heterocycles. The number of hydrogen-bond acceptors (Lipinski definition) is 5. The van der Waals surface area contributed by atoms with Gasteiger partial charge in [-0.15, -0.1) is 0 Å². The molecule has 1 aromatic rings. The Balaban J connectivity index is 1.69. The second-order valence-corrected chi connectivity index (χ2v) is 6.66. The van der Waals surface area contributed by atoms with E-state index in [1.165, 1.54) is 6.92 Å². The van der Waals surface area contributed by atoms with Crippen LogP contribution in [-0.2, 0) is 19.1 Å². The predicted molar refractivity (Wildman–Crippen MR) is 94.0 cm³/mol. The lowest BCUT2D eigenvalue weighted by Gasteiger charge is -2.14. The van der Waals surface area contributed by atoms with Crippen LogP contribution in [0.25, 0.3) is 0 Å². The van der Waals surface area contributed by atoms with E-state index in [0.717, 1.165) is 17.3 Å². The van der Waals surface area contributed by atoms with Gasteiger partial charge in [-0.2, -0.15) is 0 Å². The average molecular weight is 413 g/mol. The fourth-order valence-corrected chi connectivity index (χ4v) is 2.55. The summed E-state index contributed by atoms with van der Waals surface area (Å²) in [5, 5.41) is 5.19. The van der Waals surface area contributed by atoms with Crippen molar-refractivity contribution in [1.82, 2.24) is 10.6 Å². The molecule has 0 saturated carbocycles. The van der Waals surface area contributed by atoms with Crippen LogP contribution in [0.5, 0.6) is 0 Å². The lowest BCUT2D eigenvalue weighted by molar-refractivity contribution is -0.150. The van der Waals surface area contributed by atoms with Gasteiger partial charge in [0.15, 0.2) is 6.61 Å². The SMILES string of the molecule is C[C@H](NC(=O)c1ccc(Br)cc1)C(=O)OCC(=O)NC[C@@H]1CCCO1. The van der Waals surface area contributed by atoms with Gasteiger partial charge < -0.3 is 20.1 Å². The van der Waals surface area contributed by atoms with Crippen molar-refractivity contribution < 1.29 is 23.9 Å². The minimum atomic E-state index is -0.859. The molecule has 1 aliphatic rings. The Morgan fingerprint density at radius 3 is 2.68 bits per heavy atom. The van der Waals surface area contributed by atoms with Crippen molar-refractivity contribution in [1.29, 1.82) is 0 Å². The van der Waals surface area contributed by atoms with Gasteiger partial charge in [0.25, 0.3) is 11.8 Å². The lowest BCUT2D eigenvalue weighted by Crippen LogP contribution is -2.41. The van der Waals surface area contributed by atoms with Gasteiger partial charge in [0.05, 0.1) is 6.10 Å². The Kier molecular flexibility index (Phi) is 7.39. The molecule has 0 aliphatic carbocycles. The first-order chi connectivity index (χ1) is 12.0. The summed E-state index contributed by atoms with van der Waals surface area (Å²) in [4.78, 5) is 35.6. The number of hydrogen-bond donors (Lipinski definition) is 2. The number of benzene rings is 1. The molecule has 1 aliphatic heterocycles. The summed E-state index contributed by atoms with van der Waals surface area (Å²) in [6.45, 7) is 2.24. The summed E-state index contributed by atoms with van der Waals surface area (Å²) in [7, 11) is 0. The number of ether oxygens (including phenoxy) is 2. The number of rotatable bonds is 7. The summed E-state index contributed by atoms with van der Waals surface area (Å²) in [5.74, 6) is -1.45. The zero-order valence-corrected chi connectivity index (χ0v) is 15.5. The third-order valence-corrected chi connectivity index (χ3v) is 4.23. The number of amides is 2. The normalized spacial score (nSPS) is 17.6. The number of nitrogens with one attached hydrogen (secondary N) is 2. The molecular formula is C17H21BrN2O5. The van der Waals surface area contributed by atoms with Crippen LogP contribution >= 0.6 is 15.9 Å². The highest BCUT2D eigenvalue weighted by Gasteiger charge is 2.20. The Morgan fingerprint density at radius 2 is 2.04 bits per heavy atom. The number of carbonyl (C=O) groups is 3. The molecule has 1 saturated heterocycles. The van der Waals surface area contributed by atoms with E-state index < -0.39 is 17.9 Å². The van der Waals surface area contributed by atoms with Crippen LogP contribution < -0.4 is 10.6 Å². The van der Waals surface area contributed by atoms with Gasteiger partial charge in [-0.1, -0.05) is 15.9 Å². The van der Waals surface area contributed by atoms with E-state index in [9.17, 15) is 14.4 Å². The van der Waals surface area contributed by atoms with Crippen molar-refractivity contribution in [2.75, 3.05) is 19.8 Å². The van der Waals surface area contributed by atoms with Crippen LogP contribution in [0.3, 0.4) is 0 Å². The van der Waals surface area contributed by atoms with Crippen LogP contribution in [-0.4, -0.2) is 49.7 Å². The average Bonchev–Trinajstić information content (AvgIpc) is 3.11. The van der Waals surface area contributed by atoms with Crippen LogP contribution in [0, 0.1) is 0 Å². The van der Waals surface area contributed by atoms with Gasteiger partial charge in [-0.3, -0.25) is 9.59 Å². The molecule has 2 rings (SSSR count). The minimum Gasteiger partial charge on any atom is -0.454 e. The number of carbonyl (C=O) groups excluding carboxylic acids is 3. The molecule has 25 heavy (non-hydrogen) atoms. The van der Waals surface area contributed by atoms with E-state index in [-0.39, 0.29) is 18.6 Å². The molecule has 0 spiro atoms. The molecule has 2 amide bonds. The Morgan fingerprint density at radius 1 is 1.32 bits per heavy atom. The van der Waals surface area contributed by atoms with Gasteiger partial charge in [-0.25, -0.2) is 4.79 Å². The Labute approximate surface area is 154 Å². The smallest absolute Gasteiger partial charge is 0.328 e. The summed E-state index contributed by atoms with van der Waals surface area (Å²) in [6.07, 6.45) is 1.94. The van der Waals surface area contributed by atoms with Crippen molar-refractivity contribution in [3.63, 3.8) is 0 Å². The molecule has 7 nitrogen and oxygen atoms in total. The van der Waals surface area contributed by atoms with Crippen molar-refractivity contribution in [3.8, 4) is 0 Å². The molecule has 1 heterocycles. The van der Waals surface area contributed by atoms with Crippen LogP contribution in [0.1, 0.15) is 30.1 Å². The monoisotopic (exact) mass is 412 g/mol. The Hall–Kier alpha value is -1.93. The van der Waals surface area contributed by atoms with Crippen LogP contribution in [0.2, 0.25) is 0 Å². The van der Waals surface area contributed by atoms with Crippen molar-refractivity contribution >= 4 is 33.7 Å². The highest BCUT2D eigenvalue weighted by molar-refractivity contribution is 9.10. The first-order valence-electron chi connectivity index (χ1n) is 8.07.